The number of rotatable bonds is 10. The first kappa shape index (κ1) is 23.5. The van der Waals surface area contributed by atoms with Crippen molar-refractivity contribution in [2.45, 2.75) is 46.6 Å². The number of benzene rings is 2. The molecule has 0 spiro atoms. The monoisotopic (exact) mass is 434 g/mol. The Balaban J connectivity index is 1.84. The molecule has 0 radical (unpaired) electrons. The Bertz CT molecular complexity index is 1050. The van der Waals surface area contributed by atoms with Crippen LogP contribution in [0.4, 0.5) is 0 Å². The number of carbonyl (C=O) groups is 1. The number of carbonyl (C=O) groups excluding carboxylic acids is 1. The Morgan fingerprint density at radius 3 is 2.44 bits per heavy atom. The molecule has 0 aliphatic rings. The molecule has 2 aromatic carbocycles. The van der Waals surface area contributed by atoms with Gasteiger partial charge in [-0.1, -0.05) is 43.2 Å². The normalized spacial score (nSPS) is 10.8. The quantitative estimate of drug-likeness (QED) is 0.454. The highest BCUT2D eigenvalue weighted by molar-refractivity contribution is 6.00. The molecular formula is C27H34N2O3. The molecule has 1 amide bonds. The van der Waals surface area contributed by atoms with Gasteiger partial charge in [-0.05, 0) is 61.6 Å². The van der Waals surface area contributed by atoms with Gasteiger partial charge in [0.25, 0.3) is 5.91 Å². The lowest BCUT2D eigenvalue weighted by Gasteiger charge is -2.14. The molecule has 0 aliphatic carbocycles. The largest absolute Gasteiger partial charge is 0.497 e. The minimum Gasteiger partial charge on any atom is -0.497 e. The average Bonchev–Trinajstić information content (AvgIpc) is 3.13. The van der Waals surface area contributed by atoms with Crippen LogP contribution in [0.2, 0.25) is 0 Å². The fraction of sp³-hybridized carbons (Fsp3) is 0.370. The van der Waals surface area contributed by atoms with Crippen LogP contribution in [0.3, 0.4) is 0 Å². The molecule has 32 heavy (non-hydrogen) atoms. The van der Waals surface area contributed by atoms with Crippen molar-refractivity contribution < 1.29 is 14.3 Å². The number of amides is 1. The van der Waals surface area contributed by atoms with Crippen molar-refractivity contribution in [1.82, 2.24) is 9.88 Å². The standard InChI is InChI=1S/C27H34N2O3/c1-6-7-16-29-18-20(3)25(21-10-8-19(2)9-11-21)26(29)27(30)28-15-14-22-17-23(31-4)12-13-24(22)32-5/h8-13,17-18H,6-7,14-16H2,1-5H3,(H,28,30). The van der Waals surface area contributed by atoms with Gasteiger partial charge in [0.15, 0.2) is 0 Å². The first-order chi connectivity index (χ1) is 15.5. The van der Waals surface area contributed by atoms with Gasteiger partial charge in [0, 0.05) is 24.8 Å². The van der Waals surface area contributed by atoms with Crippen LogP contribution < -0.4 is 14.8 Å². The summed E-state index contributed by atoms with van der Waals surface area (Å²) in [5, 5.41) is 3.13. The fourth-order valence-corrected chi connectivity index (χ4v) is 4.00. The van der Waals surface area contributed by atoms with E-state index in [-0.39, 0.29) is 5.91 Å². The maximum absolute atomic E-state index is 13.4. The number of nitrogens with zero attached hydrogens (tertiary/aromatic N) is 1. The van der Waals surface area contributed by atoms with E-state index in [9.17, 15) is 4.79 Å². The number of aromatic nitrogens is 1. The van der Waals surface area contributed by atoms with E-state index in [1.165, 1.54) is 5.56 Å². The van der Waals surface area contributed by atoms with Crippen LogP contribution in [0.1, 0.15) is 46.9 Å². The molecule has 5 heteroatoms. The van der Waals surface area contributed by atoms with Gasteiger partial charge >= 0.3 is 0 Å². The third kappa shape index (κ3) is 5.34. The predicted molar refractivity (Wildman–Crippen MR) is 130 cm³/mol. The second kappa shape index (κ2) is 10.9. The van der Waals surface area contributed by atoms with Crippen LogP contribution in [0.25, 0.3) is 11.1 Å². The first-order valence-corrected chi connectivity index (χ1v) is 11.2. The van der Waals surface area contributed by atoms with Crippen molar-refractivity contribution in [2.24, 2.45) is 0 Å². The minimum atomic E-state index is -0.0494. The lowest BCUT2D eigenvalue weighted by atomic mass is 10.0. The summed E-state index contributed by atoms with van der Waals surface area (Å²) in [7, 11) is 3.30. The van der Waals surface area contributed by atoms with E-state index in [1.54, 1.807) is 14.2 Å². The molecule has 170 valence electrons. The third-order valence-corrected chi connectivity index (χ3v) is 5.74. The number of nitrogens with one attached hydrogen (secondary N) is 1. The zero-order chi connectivity index (χ0) is 23.1. The van der Waals surface area contributed by atoms with Gasteiger partial charge in [-0.3, -0.25) is 4.79 Å². The topological polar surface area (TPSA) is 52.5 Å². The van der Waals surface area contributed by atoms with E-state index in [0.29, 0.717) is 13.0 Å². The van der Waals surface area contributed by atoms with E-state index >= 15 is 0 Å². The van der Waals surface area contributed by atoms with E-state index < -0.39 is 0 Å². The Kier molecular flexibility index (Phi) is 7.98. The number of ether oxygens (including phenoxy) is 2. The number of hydrogen-bond donors (Lipinski definition) is 1. The van der Waals surface area contributed by atoms with Crippen LogP contribution in [0.5, 0.6) is 11.5 Å². The van der Waals surface area contributed by atoms with Gasteiger partial charge in [0.2, 0.25) is 0 Å². The van der Waals surface area contributed by atoms with Crippen LogP contribution in [-0.2, 0) is 13.0 Å². The van der Waals surface area contributed by atoms with Crippen LogP contribution in [0, 0.1) is 13.8 Å². The molecule has 3 rings (SSSR count). The van der Waals surface area contributed by atoms with E-state index in [1.807, 2.05) is 18.2 Å². The molecule has 0 atom stereocenters. The molecular weight excluding hydrogens is 400 g/mol. The predicted octanol–water partition coefficient (Wildman–Crippen LogP) is 5.56. The molecule has 1 aromatic heterocycles. The molecule has 0 fully saturated rings. The van der Waals surface area contributed by atoms with Crippen molar-refractivity contribution in [3.63, 3.8) is 0 Å². The summed E-state index contributed by atoms with van der Waals surface area (Å²) in [6.45, 7) is 7.65. The number of methoxy groups -OCH3 is 2. The summed E-state index contributed by atoms with van der Waals surface area (Å²) in [6, 6.07) is 14.1. The Morgan fingerprint density at radius 1 is 1.03 bits per heavy atom. The highest BCUT2D eigenvalue weighted by Crippen LogP contribution is 2.30. The van der Waals surface area contributed by atoms with Crippen LogP contribution in [-0.4, -0.2) is 31.2 Å². The highest BCUT2D eigenvalue weighted by Gasteiger charge is 2.21. The third-order valence-electron chi connectivity index (χ3n) is 5.74. The zero-order valence-corrected chi connectivity index (χ0v) is 19.8. The smallest absolute Gasteiger partial charge is 0.268 e. The van der Waals surface area contributed by atoms with Crippen LogP contribution >= 0.6 is 0 Å². The van der Waals surface area contributed by atoms with Crippen molar-refractivity contribution in [3.8, 4) is 22.6 Å². The summed E-state index contributed by atoms with van der Waals surface area (Å²) in [6.07, 6.45) is 4.86. The van der Waals surface area contributed by atoms with Crippen molar-refractivity contribution in [1.29, 1.82) is 0 Å². The molecule has 0 aliphatic heterocycles. The zero-order valence-electron chi connectivity index (χ0n) is 19.8. The summed E-state index contributed by atoms with van der Waals surface area (Å²) < 4.78 is 12.9. The van der Waals surface area contributed by atoms with E-state index in [0.717, 1.165) is 58.8 Å². The molecule has 0 bridgehead atoms. The van der Waals surface area contributed by atoms with Gasteiger partial charge in [0.1, 0.15) is 17.2 Å². The van der Waals surface area contributed by atoms with Gasteiger partial charge < -0.3 is 19.4 Å². The summed E-state index contributed by atoms with van der Waals surface area (Å²) in [4.78, 5) is 13.4. The molecule has 0 saturated heterocycles. The molecule has 1 N–H and O–H groups in total. The highest BCUT2D eigenvalue weighted by atomic mass is 16.5. The Hall–Kier alpha value is -3.21. The lowest BCUT2D eigenvalue weighted by Crippen LogP contribution is -2.28. The maximum Gasteiger partial charge on any atom is 0.268 e. The van der Waals surface area contributed by atoms with E-state index in [2.05, 4.69) is 61.1 Å². The number of hydrogen-bond acceptors (Lipinski definition) is 3. The van der Waals surface area contributed by atoms with Gasteiger partial charge in [-0.15, -0.1) is 0 Å². The summed E-state index contributed by atoms with van der Waals surface area (Å²) in [5.74, 6) is 1.52. The summed E-state index contributed by atoms with van der Waals surface area (Å²) >= 11 is 0. The van der Waals surface area contributed by atoms with Gasteiger partial charge in [0.05, 0.1) is 14.2 Å². The first-order valence-electron chi connectivity index (χ1n) is 11.2. The van der Waals surface area contributed by atoms with Crippen molar-refractivity contribution in [2.75, 3.05) is 20.8 Å². The minimum absolute atomic E-state index is 0.0494. The molecule has 0 saturated carbocycles. The second-order valence-electron chi connectivity index (χ2n) is 8.13. The maximum atomic E-state index is 13.4. The van der Waals surface area contributed by atoms with E-state index in [4.69, 9.17) is 9.47 Å². The summed E-state index contributed by atoms with van der Waals surface area (Å²) in [5.41, 5.74) is 6.14. The van der Waals surface area contributed by atoms with Crippen LogP contribution in [0.15, 0.2) is 48.7 Å². The number of unbranched alkanes of at least 4 members (excludes halogenated alkanes) is 1. The molecule has 3 aromatic rings. The van der Waals surface area contributed by atoms with Crippen molar-refractivity contribution in [3.05, 3.63) is 71.0 Å². The fourth-order valence-electron chi connectivity index (χ4n) is 4.00. The number of aryl methyl sites for hydroxylation is 3. The molecule has 0 unspecified atom stereocenters. The lowest BCUT2D eigenvalue weighted by molar-refractivity contribution is 0.0945. The second-order valence-corrected chi connectivity index (χ2v) is 8.13. The Morgan fingerprint density at radius 2 is 1.78 bits per heavy atom. The van der Waals surface area contributed by atoms with Crippen molar-refractivity contribution >= 4 is 5.91 Å². The molecule has 5 nitrogen and oxygen atoms in total. The Labute approximate surface area is 191 Å². The molecule has 1 heterocycles. The van der Waals surface area contributed by atoms with Gasteiger partial charge in [-0.25, -0.2) is 0 Å². The van der Waals surface area contributed by atoms with Gasteiger partial charge in [-0.2, -0.15) is 0 Å². The average molecular weight is 435 g/mol. The SMILES string of the molecule is CCCCn1cc(C)c(-c2ccc(C)cc2)c1C(=O)NCCc1cc(OC)ccc1OC.